The first-order chi connectivity index (χ1) is 17.3. The van der Waals surface area contributed by atoms with Gasteiger partial charge in [-0.1, -0.05) is 49.6 Å². The molecule has 2 rings (SSSR count). The predicted octanol–water partition coefficient (Wildman–Crippen LogP) is 5.67. The lowest BCUT2D eigenvalue weighted by Gasteiger charge is -2.21. The van der Waals surface area contributed by atoms with Crippen LogP contribution in [0.3, 0.4) is 0 Å². The van der Waals surface area contributed by atoms with E-state index in [1.54, 1.807) is 7.11 Å². The molecule has 0 aliphatic carbocycles. The Morgan fingerprint density at radius 3 is 2.14 bits per heavy atom. The highest BCUT2D eigenvalue weighted by molar-refractivity contribution is 7.91. The topological polar surface area (TPSA) is 99.1 Å². The standard InChI is InChI=1S/C28H40O7S/c1-33-24-17-19-25(20-18-24)35-22-26(34-21-23-11-6-5-7-12-23)13-10-15-27(36(2,31)32)14-8-3-4-9-16-28(29)30/h5-7,11-12,17-20,26-27H,3-4,8-10,13-16,21-22H2,1-2H3,(H,29,30). The largest absolute Gasteiger partial charge is 0.497 e. The van der Waals surface area contributed by atoms with Gasteiger partial charge >= 0.3 is 5.97 Å². The zero-order valence-corrected chi connectivity index (χ0v) is 22.3. The number of benzene rings is 2. The Morgan fingerprint density at radius 1 is 0.861 bits per heavy atom. The quantitative estimate of drug-likeness (QED) is 0.238. The van der Waals surface area contributed by atoms with E-state index in [1.165, 1.54) is 6.26 Å². The van der Waals surface area contributed by atoms with E-state index in [0.29, 0.717) is 45.3 Å². The normalized spacial score (nSPS) is 13.2. The number of hydrogen-bond donors (Lipinski definition) is 1. The third-order valence-electron chi connectivity index (χ3n) is 6.15. The van der Waals surface area contributed by atoms with Crippen molar-refractivity contribution in [2.45, 2.75) is 75.7 Å². The van der Waals surface area contributed by atoms with Crippen LogP contribution in [-0.4, -0.2) is 50.8 Å². The minimum absolute atomic E-state index is 0.165. The van der Waals surface area contributed by atoms with Gasteiger partial charge < -0.3 is 19.3 Å². The summed E-state index contributed by atoms with van der Waals surface area (Å²) >= 11 is 0. The van der Waals surface area contributed by atoms with E-state index in [2.05, 4.69) is 0 Å². The summed E-state index contributed by atoms with van der Waals surface area (Å²) in [5.74, 6) is 0.693. The Hall–Kier alpha value is -2.58. The molecular formula is C28H40O7S. The zero-order valence-electron chi connectivity index (χ0n) is 21.4. The fraction of sp³-hybridized carbons (Fsp3) is 0.536. The summed E-state index contributed by atoms with van der Waals surface area (Å²) in [4.78, 5) is 10.6. The fourth-order valence-electron chi connectivity index (χ4n) is 4.01. The minimum atomic E-state index is -3.16. The van der Waals surface area contributed by atoms with Gasteiger partial charge in [0.1, 0.15) is 27.9 Å². The molecule has 0 bridgehead atoms. The number of ether oxygens (including phenoxy) is 3. The molecule has 0 radical (unpaired) electrons. The maximum Gasteiger partial charge on any atom is 0.303 e. The van der Waals surface area contributed by atoms with Crippen molar-refractivity contribution in [2.75, 3.05) is 20.0 Å². The van der Waals surface area contributed by atoms with Crippen LogP contribution in [0.15, 0.2) is 54.6 Å². The second-order valence-electron chi connectivity index (χ2n) is 9.13. The minimum Gasteiger partial charge on any atom is -0.497 e. The van der Waals surface area contributed by atoms with Gasteiger partial charge in [-0.3, -0.25) is 4.79 Å². The number of carboxylic acid groups (broad SMARTS) is 1. The van der Waals surface area contributed by atoms with Crippen molar-refractivity contribution in [3.8, 4) is 11.5 Å². The van der Waals surface area contributed by atoms with Gasteiger partial charge in [0.25, 0.3) is 0 Å². The lowest BCUT2D eigenvalue weighted by molar-refractivity contribution is -0.137. The second kappa shape index (κ2) is 16.2. The predicted molar refractivity (Wildman–Crippen MR) is 141 cm³/mol. The Morgan fingerprint density at radius 2 is 1.50 bits per heavy atom. The number of sulfone groups is 1. The molecule has 0 spiro atoms. The van der Waals surface area contributed by atoms with E-state index in [4.69, 9.17) is 19.3 Å². The summed E-state index contributed by atoms with van der Waals surface area (Å²) in [5.41, 5.74) is 1.07. The summed E-state index contributed by atoms with van der Waals surface area (Å²) < 4.78 is 42.0. The van der Waals surface area contributed by atoms with Crippen LogP contribution in [0, 0.1) is 0 Å². The van der Waals surface area contributed by atoms with Crippen molar-refractivity contribution in [1.82, 2.24) is 0 Å². The summed E-state index contributed by atoms with van der Waals surface area (Å²) in [6, 6.07) is 17.3. The third kappa shape index (κ3) is 12.4. The molecule has 2 aromatic rings. The number of unbranched alkanes of at least 4 members (excludes halogenated alkanes) is 3. The van der Waals surface area contributed by atoms with Gasteiger partial charge in [-0.15, -0.1) is 0 Å². The molecule has 2 aromatic carbocycles. The zero-order chi connectivity index (χ0) is 26.2. The van der Waals surface area contributed by atoms with E-state index in [9.17, 15) is 13.2 Å². The monoisotopic (exact) mass is 520 g/mol. The number of methoxy groups -OCH3 is 1. The van der Waals surface area contributed by atoms with Crippen molar-refractivity contribution in [3.63, 3.8) is 0 Å². The molecule has 36 heavy (non-hydrogen) atoms. The van der Waals surface area contributed by atoms with Crippen LogP contribution in [0.5, 0.6) is 11.5 Å². The smallest absolute Gasteiger partial charge is 0.303 e. The van der Waals surface area contributed by atoms with Crippen LogP contribution >= 0.6 is 0 Å². The molecule has 200 valence electrons. The SMILES string of the molecule is COc1ccc(OCC(CCCC(CCCCCCC(=O)O)S(C)(=O)=O)OCc2ccccc2)cc1. The van der Waals surface area contributed by atoms with E-state index < -0.39 is 21.1 Å². The molecule has 2 atom stereocenters. The first-order valence-electron chi connectivity index (χ1n) is 12.6. The fourth-order valence-corrected chi connectivity index (χ4v) is 5.20. The molecule has 0 aromatic heterocycles. The molecule has 0 amide bonds. The average Bonchev–Trinajstić information content (AvgIpc) is 2.86. The van der Waals surface area contributed by atoms with Crippen LogP contribution in [0.25, 0.3) is 0 Å². The van der Waals surface area contributed by atoms with Crippen LogP contribution in [0.2, 0.25) is 0 Å². The van der Waals surface area contributed by atoms with E-state index in [0.717, 1.165) is 36.3 Å². The summed E-state index contributed by atoms with van der Waals surface area (Å²) in [6.45, 7) is 0.829. The molecule has 7 nitrogen and oxygen atoms in total. The van der Waals surface area contributed by atoms with Crippen LogP contribution in [0.1, 0.15) is 63.4 Å². The lowest BCUT2D eigenvalue weighted by Crippen LogP contribution is -2.24. The molecule has 0 fully saturated rings. The van der Waals surface area contributed by atoms with Gasteiger partial charge in [-0.2, -0.15) is 0 Å². The van der Waals surface area contributed by atoms with Crippen LogP contribution in [0.4, 0.5) is 0 Å². The Labute approximate surface area is 215 Å². The molecular weight excluding hydrogens is 480 g/mol. The number of rotatable bonds is 19. The maximum absolute atomic E-state index is 12.3. The number of carbonyl (C=O) groups is 1. The molecule has 0 saturated carbocycles. The molecule has 2 unspecified atom stereocenters. The second-order valence-corrected chi connectivity index (χ2v) is 11.5. The van der Waals surface area contributed by atoms with Crippen LogP contribution < -0.4 is 9.47 Å². The van der Waals surface area contributed by atoms with Gasteiger partial charge in [-0.25, -0.2) is 8.42 Å². The van der Waals surface area contributed by atoms with Gasteiger partial charge in [0.05, 0.1) is 25.1 Å². The summed E-state index contributed by atoms with van der Waals surface area (Å²) in [6.07, 6.45) is 6.93. The maximum atomic E-state index is 12.3. The molecule has 8 heteroatoms. The van der Waals surface area contributed by atoms with Crippen molar-refractivity contribution < 1.29 is 32.5 Å². The van der Waals surface area contributed by atoms with E-state index in [1.807, 2.05) is 54.6 Å². The highest BCUT2D eigenvalue weighted by Gasteiger charge is 2.21. The molecule has 0 aliphatic rings. The van der Waals surface area contributed by atoms with Crippen molar-refractivity contribution >= 4 is 15.8 Å². The van der Waals surface area contributed by atoms with Crippen LogP contribution in [-0.2, 0) is 26.0 Å². The average molecular weight is 521 g/mol. The molecule has 1 N–H and O–H groups in total. The molecule has 0 heterocycles. The first-order valence-corrected chi connectivity index (χ1v) is 14.6. The highest BCUT2D eigenvalue weighted by atomic mass is 32.2. The summed E-state index contributed by atoms with van der Waals surface area (Å²) in [5, 5.41) is 8.34. The highest BCUT2D eigenvalue weighted by Crippen LogP contribution is 2.21. The Balaban J connectivity index is 1.87. The number of hydrogen-bond acceptors (Lipinski definition) is 6. The van der Waals surface area contributed by atoms with Crippen molar-refractivity contribution in [3.05, 3.63) is 60.2 Å². The van der Waals surface area contributed by atoms with E-state index >= 15 is 0 Å². The van der Waals surface area contributed by atoms with Gasteiger partial charge in [-0.05, 0) is 61.9 Å². The Bertz CT molecular complexity index is 975. The third-order valence-corrected chi connectivity index (χ3v) is 7.83. The Kier molecular flexibility index (Phi) is 13.4. The van der Waals surface area contributed by atoms with Crippen molar-refractivity contribution in [1.29, 1.82) is 0 Å². The van der Waals surface area contributed by atoms with Crippen molar-refractivity contribution in [2.24, 2.45) is 0 Å². The number of carboxylic acids is 1. The van der Waals surface area contributed by atoms with Gasteiger partial charge in [0.2, 0.25) is 0 Å². The lowest BCUT2D eigenvalue weighted by atomic mass is 10.0. The number of aliphatic carboxylic acids is 1. The molecule has 0 aliphatic heterocycles. The summed E-state index contributed by atoms with van der Waals surface area (Å²) in [7, 11) is -1.55. The molecule has 0 saturated heterocycles. The first kappa shape index (κ1) is 29.6. The van der Waals surface area contributed by atoms with Gasteiger partial charge in [0, 0.05) is 12.7 Å². The van der Waals surface area contributed by atoms with Gasteiger partial charge in [0.15, 0.2) is 0 Å². The van der Waals surface area contributed by atoms with E-state index in [-0.39, 0.29) is 12.5 Å².